The minimum Gasteiger partial charge on any atom is -0.258 e. The van der Waals surface area contributed by atoms with Crippen LogP contribution in [0.1, 0.15) is 6.92 Å². The molecule has 0 radical (unpaired) electrons. The normalized spacial score (nSPS) is 12.7. The average molecular weight is 330 g/mol. The molecule has 0 N–H and O–H groups in total. The molecule has 0 amide bonds. The average Bonchev–Trinajstić information content (AvgIpc) is 2.33. The number of sulfonamides is 1. The van der Waals surface area contributed by atoms with Crippen LogP contribution in [0.5, 0.6) is 0 Å². The Hall–Kier alpha value is -1.75. The van der Waals surface area contributed by atoms with E-state index in [2.05, 4.69) is 0 Å². The van der Waals surface area contributed by atoms with E-state index in [1.165, 1.54) is 0 Å². The van der Waals surface area contributed by atoms with Gasteiger partial charge >= 0.3 is 11.9 Å². The minimum absolute atomic E-state index is 0.00519. The first kappa shape index (κ1) is 17.3. The summed E-state index contributed by atoms with van der Waals surface area (Å²) in [5.41, 5.74) is -1.38. The molecule has 1 rings (SSSR count). The van der Waals surface area contributed by atoms with Crippen LogP contribution < -0.4 is 0 Å². The number of hydrogen-bond acceptors (Lipinski definition) is 4. The van der Waals surface area contributed by atoms with Crippen LogP contribution in [-0.2, 0) is 10.0 Å². The molecular formula is C10H10F4N2O4S. The summed E-state index contributed by atoms with van der Waals surface area (Å²) in [7, 11) is -4.85. The third-order valence-electron chi connectivity index (χ3n) is 2.46. The second-order valence-electron chi connectivity index (χ2n) is 3.89. The maximum absolute atomic E-state index is 13.4. The van der Waals surface area contributed by atoms with Crippen molar-refractivity contribution in [2.75, 3.05) is 13.1 Å². The highest BCUT2D eigenvalue weighted by Crippen LogP contribution is 2.30. The molecule has 0 aromatic heterocycles. The van der Waals surface area contributed by atoms with Gasteiger partial charge in [-0.05, 0) is 12.1 Å². The van der Waals surface area contributed by atoms with Crippen LogP contribution in [-0.4, -0.2) is 36.9 Å². The molecule has 0 spiro atoms. The summed E-state index contributed by atoms with van der Waals surface area (Å²) in [6.45, 7) is -1.26. The molecule has 118 valence electrons. The number of benzene rings is 1. The van der Waals surface area contributed by atoms with Crippen LogP contribution in [0.15, 0.2) is 23.1 Å². The highest BCUT2D eigenvalue weighted by atomic mass is 32.2. The molecule has 0 aliphatic rings. The van der Waals surface area contributed by atoms with E-state index in [0.717, 1.165) is 13.0 Å². The zero-order valence-corrected chi connectivity index (χ0v) is 11.4. The van der Waals surface area contributed by atoms with Gasteiger partial charge in [-0.25, -0.2) is 8.42 Å². The van der Waals surface area contributed by atoms with Gasteiger partial charge in [0.15, 0.2) is 4.90 Å². The van der Waals surface area contributed by atoms with Crippen molar-refractivity contribution in [2.45, 2.75) is 18.0 Å². The molecule has 0 fully saturated rings. The summed E-state index contributed by atoms with van der Waals surface area (Å²) < 4.78 is 74.6. The largest absolute Gasteiger partial charge is 0.402 e. The van der Waals surface area contributed by atoms with Gasteiger partial charge in [0.05, 0.1) is 4.92 Å². The Morgan fingerprint density at radius 1 is 1.33 bits per heavy atom. The molecule has 0 aliphatic carbocycles. The SMILES string of the molecule is CCN(CC(F)(F)F)S(=O)(=O)c1cccc(F)c1[N+](=O)[O-]. The number of nitrogens with zero attached hydrogens (tertiary/aromatic N) is 2. The van der Waals surface area contributed by atoms with E-state index in [1.54, 1.807) is 0 Å². The summed E-state index contributed by atoms with van der Waals surface area (Å²) in [6, 6.07) is 2.21. The highest BCUT2D eigenvalue weighted by molar-refractivity contribution is 7.89. The Kier molecular flexibility index (Phi) is 4.89. The molecule has 0 saturated heterocycles. The van der Waals surface area contributed by atoms with Gasteiger partial charge in [-0.1, -0.05) is 13.0 Å². The van der Waals surface area contributed by atoms with Crippen LogP contribution in [0.25, 0.3) is 0 Å². The minimum atomic E-state index is -4.85. The first-order valence-corrected chi connectivity index (χ1v) is 6.94. The zero-order chi connectivity index (χ0) is 16.4. The molecule has 0 bridgehead atoms. The summed E-state index contributed by atoms with van der Waals surface area (Å²) in [5.74, 6) is -1.44. The van der Waals surface area contributed by atoms with E-state index >= 15 is 0 Å². The molecule has 11 heteroatoms. The Bertz CT molecular complexity index is 645. The third kappa shape index (κ3) is 3.88. The quantitative estimate of drug-likeness (QED) is 0.471. The van der Waals surface area contributed by atoms with Crippen LogP contribution in [0, 0.1) is 15.9 Å². The van der Waals surface area contributed by atoms with Crippen molar-refractivity contribution >= 4 is 15.7 Å². The molecule has 0 unspecified atom stereocenters. The number of hydrogen-bond donors (Lipinski definition) is 0. The van der Waals surface area contributed by atoms with E-state index < -0.39 is 50.6 Å². The fraction of sp³-hybridized carbons (Fsp3) is 0.400. The zero-order valence-electron chi connectivity index (χ0n) is 10.6. The molecule has 1 aromatic carbocycles. The Morgan fingerprint density at radius 2 is 1.90 bits per heavy atom. The lowest BCUT2D eigenvalue weighted by Crippen LogP contribution is -2.39. The van der Waals surface area contributed by atoms with E-state index in [4.69, 9.17) is 0 Å². The number of alkyl halides is 3. The summed E-state index contributed by atoms with van der Waals surface area (Å²) in [5, 5.41) is 10.7. The van der Waals surface area contributed by atoms with Gasteiger partial charge in [-0.3, -0.25) is 10.1 Å². The predicted molar refractivity (Wildman–Crippen MR) is 63.5 cm³/mol. The van der Waals surface area contributed by atoms with E-state index in [-0.39, 0.29) is 4.31 Å². The first-order valence-electron chi connectivity index (χ1n) is 5.50. The summed E-state index contributed by atoms with van der Waals surface area (Å²) in [6.07, 6.45) is -4.83. The van der Waals surface area contributed by atoms with Gasteiger partial charge in [0.1, 0.15) is 6.54 Å². The van der Waals surface area contributed by atoms with Crippen molar-refractivity contribution in [3.05, 3.63) is 34.1 Å². The van der Waals surface area contributed by atoms with Gasteiger partial charge in [0.25, 0.3) is 0 Å². The number of nitro groups is 1. The van der Waals surface area contributed by atoms with E-state index in [0.29, 0.717) is 12.1 Å². The summed E-state index contributed by atoms with van der Waals surface area (Å²) >= 11 is 0. The second-order valence-corrected chi connectivity index (χ2v) is 5.80. The third-order valence-corrected chi connectivity index (χ3v) is 4.41. The van der Waals surface area contributed by atoms with Crippen molar-refractivity contribution in [3.63, 3.8) is 0 Å². The van der Waals surface area contributed by atoms with E-state index in [1.807, 2.05) is 0 Å². The fourth-order valence-electron chi connectivity index (χ4n) is 1.59. The lowest BCUT2D eigenvalue weighted by atomic mass is 10.3. The van der Waals surface area contributed by atoms with Crippen LogP contribution in [0.4, 0.5) is 23.2 Å². The number of nitro benzene ring substituents is 1. The monoisotopic (exact) mass is 330 g/mol. The standard InChI is InChI=1S/C10H10F4N2O4S/c1-2-15(6-10(12,13)14)21(19,20)8-5-3-4-7(11)9(8)16(17)18/h3-5H,2,6H2,1H3. The topological polar surface area (TPSA) is 80.5 Å². The maximum Gasteiger partial charge on any atom is 0.402 e. The number of halogens is 4. The Balaban J connectivity index is 3.43. The summed E-state index contributed by atoms with van der Waals surface area (Å²) in [4.78, 5) is 8.35. The van der Waals surface area contributed by atoms with Crippen molar-refractivity contribution in [2.24, 2.45) is 0 Å². The Labute approximate surface area is 117 Å². The van der Waals surface area contributed by atoms with Crippen molar-refractivity contribution in [3.8, 4) is 0 Å². The fourth-order valence-corrected chi connectivity index (χ4v) is 3.19. The molecule has 0 atom stereocenters. The van der Waals surface area contributed by atoms with Gasteiger partial charge in [0.2, 0.25) is 15.8 Å². The van der Waals surface area contributed by atoms with Crippen LogP contribution in [0.3, 0.4) is 0 Å². The van der Waals surface area contributed by atoms with Crippen molar-refractivity contribution in [1.82, 2.24) is 4.31 Å². The Morgan fingerprint density at radius 3 is 2.33 bits per heavy atom. The maximum atomic E-state index is 13.4. The van der Waals surface area contributed by atoms with Gasteiger partial charge < -0.3 is 0 Å². The number of para-hydroxylation sites is 1. The second kappa shape index (κ2) is 5.93. The van der Waals surface area contributed by atoms with Gasteiger partial charge in [-0.15, -0.1) is 0 Å². The molecule has 0 aliphatic heterocycles. The van der Waals surface area contributed by atoms with Crippen LogP contribution in [0.2, 0.25) is 0 Å². The van der Waals surface area contributed by atoms with Gasteiger partial charge in [0, 0.05) is 6.54 Å². The molecule has 0 heterocycles. The lowest BCUT2D eigenvalue weighted by molar-refractivity contribution is -0.390. The number of rotatable bonds is 5. The lowest BCUT2D eigenvalue weighted by Gasteiger charge is -2.21. The van der Waals surface area contributed by atoms with Crippen molar-refractivity contribution in [1.29, 1.82) is 0 Å². The molecule has 21 heavy (non-hydrogen) atoms. The highest BCUT2D eigenvalue weighted by Gasteiger charge is 2.39. The van der Waals surface area contributed by atoms with Crippen molar-refractivity contribution < 1.29 is 30.9 Å². The van der Waals surface area contributed by atoms with Crippen LogP contribution >= 0.6 is 0 Å². The van der Waals surface area contributed by atoms with Gasteiger partial charge in [-0.2, -0.15) is 21.9 Å². The predicted octanol–water partition coefficient (Wildman–Crippen LogP) is 2.31. The smallest absolute Gasteiger partial charge is 0.258 e. The molecule has 1 aromatic rings. The van der Waals surface area contributed by atoms with E-state index in [9.17, 15) is 36.1 Å². The first-order chi connectivity index (χ1) is 9.50. The molecule has 0 saturated carbocycles. The molecule has 6 nitrogen and oxygen atoms in total. The molecular weight excluding hydrogens is 320 g/mol.